The van der Waals surface area contributed by atoms with E-state index in [-0.39, 0.29) is 6.17 Å². The van der Waals surface area contributed by atoms with Gasteiger partial charge in [-0.1, -0.05) is 19.9 Å². The fraction of sp³-hybridized carbons (Fsp3) is 0.739. The SMILES string of the molecule is COCCCOc1cc(C[C@H](CC[C@H](O)[C@@H](N)NC2CC2)C(C)C)ccc1OC. The number of rotatable bonds is 15. The molecule has 0 unspecified atom stereocenters. The number of hydrogen-bond acceptors (Lipinski definition) is 6. The van der Waals surface area contributed by atoms with Crippen LogP contribution in [0.5, 0.6) is 11.5 Å². The van der Waals surface area contributed by atoms with E-state index in [0.29, 0.717) is 37.5 Å². The molecule has 0 spiro atoms. The Kier molecular flexibility index (Phi) is 10.2. The minimum absolute atomic E-state index is 0.330. The molecule has 6 nitrogen and oxygen atoms in total. The third-order valence-electron chi connectivity index (χ3n) is 5.67. The van der Waals surface area contributed by atoms with Crippen molar-refractivity contribution < 1.29 is 19.3 Å². The molecule has 6 heteroatoms. The Balaban J connectivity index is 1.92. The molecule has 1 aliphatic rings. The van der Waals surface area contributed by atoms with Crippen molar-refractivity contribution in [3.63, 3.8) is 0 Å². The Morgan fingerprint density at radius 2 is 1.90 bits per heavy atom. The summed E-state index contributed by atoms with van der Waals surface area (Å²) in [5.41, 5.74) is 7.32. The highest BCUT2D eigenvalue weighted by Gasteiger charge is 2.27. The molecular formula is C23H40N2O4. The third kappa shape index (κ3) is 8.51. The predicted molar refractivity (Wildman–Crippen MR) is 116 cm³/mol. The van der Waals surface area contributed by atoms with Crippen LogP contribution in [0.3, 0.4) is 0 Å². The molecule has 29 heavy (non-hydrogen) atoms. The van der Waals surface area contributed by atoms with Gasteiger partial charge in [-0.3, -0.25) is 5.32 Å². The van der Waals surface area contributed by atoms with Crippen LogP contribution in [-0.2, 0) is 11.2 Å². The van der Waals surface area contributed by atoms with Gasteiger partial charge in [-0.15, -0.1) is 0 Å². The van der Waals surface area contributed by atoms with Gasteiger partial charge < -0.3 is 25.1 Å². The molecule has 1 aliphatic carbocycles. The summed E-state index contributed by atoms with van der Waals surface area (Å²) < 4.78 is 16.4. The van der Waals surface area contributed by atoms with Crippen LogP contribution in [0.25, 0.3) is 0 Å². The highest BCUT2D eigenvalue weighted by Crippen LogP contribution is 2.31. The first-order valence-corrected chi connectivity index (χ1v) is 10.9. The molecular weight excluding hydrogens is 368 g/mol. The van der Waals surface area contributed by atoms with E-state index in [0.717, 1.165) is 30.8 Å². The summed E-state index contributed by atoms with van der Waals surface area (Å²) in [5, 5.41) is 13.7. The predicted octanol–water partition coefficient (Wildman–Crippen LogP) is 3.10. The summed E-state index contributed by atoms with van der Waals surface area (Å²) in [5.74, 6) is 2.51. The molecule has 0 aromatic heterocycles. The van der Waals surface area contributed by atoms with Crippen molar-refractivity contribution in [2.24, 2.45) is 17.6 Å². The van der Waals surface area contributed by atoms with Crippen LogP contribution in [0.2, 0.25) is 0 Å². The van der Waals surface area contributed by atoms with Crippen LogP contribution in [0.4, 0.5) is 0 Å². The molecule has 166 valence electrons. The van der Waals surface area contributed by atoms with E-state index < -0.39 is 6.10 Å². The summed E-state index contributed by atoms with van der Waals surface area (Å²) in [6.45, 7) is 5.76. The van der Waals surface area contributed by atoms with E-state index in [4.69, 9.17) is 19.9 Å². The van der Waals surface area contributed by atoms with E-state index in [1.54, 1.807) is 14.2 Å². The van der Waals surface area contributed by atoms with Gasteiger partial charge in [0.05, 0.1) is 26.0 Å². The number of ether oxygens (including phenoxy) is 3. The van der Waals surface area contributed by atoms with E-state index >= 15 is 0 Å². The number of nitrogens with one attached hydrogen (secondary N) is 1. The second-order valence-electron chi connectivity index (χ2n) is 8.50. The smallest absolute Gasteiger partial charge is 0.161 e. The lowest BCUT2D eigenvalue weighted by molar-refractivity contribution is 0.108. The summed E-state index contributed by atoms with van der Waals surface area (Å²) in [4.78, 5) is 0. The molecule has 0 aliphatic heterocycles. The molecule has 1 aromatic carbocycles. The molecule has 1 saturated carbocycles. The molecule has 0 amide bonds. The molecule has 0 saturated heterocycles. The van der Waals surface area contributed by atoms with E-state index in [1.807, 2.05) is 6.07 Å². The van der Waals surface area contributed by atoms with Gasteiger partial charge in [0, 0.05) is 26.2 Å². The number of aliphatic hydroxyl groups is 1. The van der Waals surface area contributed by atoms with Gasteiger partial charge in [0.25, 0.3) is 0 Å². The van der Waals surface area contributed by atoms with E-state index in [1.165, 1.54) is 18.4 Å². The summed E-state index contributed by atoms with van der Waals surface area (Å²) in [6.07, 6.45) is 4.93. The topological polar surface area (TPSA) is 86.0 Å². The minimum atomic E-state index is -0.507. The monoisotopic (exact) mass is 408 g/mol. The average Bonchev–Trinajstić information content (AvgIpc) is 3.52. The Morgan fingerprint density at radius 3 is 2.52 bits per heavy atom. The summed E-state index contributed by atoms with van der Waals surface area (Å²) in [7, 11) is 3.35. The van der Waals surface area contributed by atoms with Crippen LogP contribution in [0, 0.1) is 11.8 Å². The molecule has 3 atom stereocenters. The first-order chi connectivity index (χ1) is 13.9. The van der Waals surface area contributed by atoms with Gasteiger partial charge in [-0.25, -0.2) is 0 Å². The van der Waals surface area contributed by atoms with Crippen LogP contribution < -0.4 is 20.5 Å². The largest absolute Gasteiger partial charge is 0.493 e. The summed E-state index contributed by atoms with van der Waals surface area (Å²) >= 11 is 0. The van der Waals surface area contributed by atoms with Gasteiger partial charge in [0.15, 0.2) is 11.5 Å². The zero-order valence-electron chi connectivity index (χ0n) is 18.5. The second-order valence-corrected chi connectivity index (χ2v) is 8.50. The fourth-order valence-corrected chi connectivity index (χ4v) is 3.52. The molecule has 2 rings (SSSR count). The van der Waals surface area contributed by atoms with Crippen molar-refractivity contribution in [1.82, 2.24) is 5.32 Å². The first kappa shape index (κ1) is 23.9. The highest BCUT2D eigenvalue weighted by atomic mass is 16.5. The zero-order chi connectivity index (χ0) is 21.2. The van der Waals surface area contributed by atoms with Crippen molar-refractivity contribution in [2.45, 2.75) is 70.7 Å². The maximum absolute atomic E-state index is 10.4. The lowest BCUT2D eigenvalue weighted by Gasteiger charge is -2.25. The standard InChI is InChI=1S/C23H40N2O4/c1-16(2)18(7-10-20(26)23(24)25-19-8-9-19)14-17-6-11-21(28-4)22(15-17)29-13-5-12-27-3/h6,11,15-16,18-20,23,25-26H,5,7-10,12-14,24H2,1-4H3/t18-,20-,23-/m0/s1. The molecule has 0 radical (unpaired) electrons. The van der Waals surface area contributed by atoms with E-state index in [9.17, 15) is 5.11 Å². The normalized spacial score (nSPS) is 17.2. The minimum Gasteiger partial charge on any atom is -0.493 e. The second kappa shape index (κ2) is 12.4. The van der Waals surface area contributed by atoms with Crippen molar-refractivity contribution >= 4 is 0 Å². The van der Waals surface area contributed by atoms with Crippen molar-refractivity contribution in [2.75, 3.05) is 27.4 Å². The maximum Gasteiger partial charge on any atom is 0.161 e. The van der Waals surface area contributed by atoms with Crippen molar-refractivity contribution in [3.05, 3.63) is 23.8 Å². The molecule has 1 fully saturated rings. The lowest BCUT2D eigenvalue weighted by atomic mass is 9.84. The van der Waals surface area contributed by atoms with Crippen LogP contribution in [-0.4, -0.2) is 50.9 Å². The van der Waals surface area contributed by atoms with Crippen LogP contribution in [0.1, 0.15) is 51.5 Å². The molecule has 0 heterocycles. The maximum atomic E-state index is 10.4. The van der Waals surface area contributed by atoms with Crippen molar-refractivity contribution in [1.29, 1.82) is 0 Å². The Hall–Kier alpha value is -1.34. The van der Waals surface area contributed by atoms with Crippen molar-refractivity contribution in [3.8, 4) is 11.5 Å². The molecule has 0 bridgehead atoms. The van der Waals surface area contributed by atoms with Gasteiger partial charge in [-0.05, 0) is 61.6 Å². The third-order valence-corrected chi connectivity index (χ3v) is 5.67. The Bertz CT molecular complexity index is 592. The van der Waals surface area contributed by atoms with Gasteiger partial charge in [-0.2, -0.15) is 0 Å². The highest BCUT2D eigenvalue weighted by molar-refractivity contribution is 5.43. The van der Waals surface area contributed by atoms with E-state index in [2.05, 4.69) is 31.3 Å². The van der Waals surface area contributed by atoms with Crippen LogP contribution in [0.15, 0.2) is 18.2 Å². The average molecular weight is 409 g/mol. The Morgan fingerprint density at radius 1 is 1.14 bits per heavy atom. The van der Waals surface area contributed by atoms with Gasteiger partial charge in [0.1, 0.15) is 0 Å². The number of aliphatic hydroxyl groups excluding tert-OH is 1. The number of benzene rings is 1. The lowest BCUT2D eigenvalue weighted by Crippen LogP contribution is -2.48. The fourth-order valence-electron chi connectivity index (χ4n) is 3.52. The summed E-state index contributed by atoms with van der Waals surface area (Å²) in [6, 6.07) is 6.66. The number of methoxy groups -OCH3 is 2. The van der Waals surface area contributed by atoms with Crippen LogP contribution >= 0.6 is 0 Å². The van der Waals surface area contributed by atoms with Gasteiger partial charge in [0.2, 0.25) is 0 Å². The number of hydrogen-bond donors (Lipinski definition) is 3. The Labute approximate surface area is 176 Å². The quantitative estimate of drug-likeness (QED) is 0.305. The molecule has 4 N–H and O–H groups in total. The van der Waals surface area contributed by atoms with Gasteiger partial charge >= 0.3 is 0 Å². The number of nitrogens with two attached hydrogens (primary N) is 1. The molecule has 1 aromatic rings. The zero-order valence-corrected chi connectivity index (χ0v) is 18.5. The first-order valence-electron chi connectivity index (χ1n) is 10.9.